The van der Waals surface area contributed by atoms with Crippen molar-refractivity contribution in [2.24, 2.45) is 11.7 Å². The molecule has 0 aromatic heterocycles. The molecule has 3 nitrogen and oxygen atoms in total. The number of benzene rings is 1. The molecule has 15 heavy (non-hydrogen) atoms. The Labute approximate surface area is 90.0 Å². The second-order valence-corrected chi connectivity index (χ2v) is 4.62. The summed E-state index contributed by atoms with van der Waals surface area (Å²) in [5, 5.41) is 0. The number of nitrogens with one attached hydrogen (secondary N) is 2. The van der Waals surface area contributed by atoms with Gasteiger partial charge in [-0.1, -0.05) is 30.3 Å². The molecule has 0 radical (unpaired) electrons. The van der Waals surface area contributed by atoms with Gasteiger partial charge >= 0.3 is 0 Å². The molecule has 3 rings (SSSR count). The van der Waals surface area contributed by atoms with Crippen molar-refractivity contribution in [3.63, 3.8) is 0 Å². The van der Waals surface area contributed by atoms with Gasteiger partial charge in [0.25, 0.3) is 0 Å². The molecule has 2 aliphatic rings. The van der Waals surface area contributed by atoms with Crippen LogP contribution in [0.15, 0.2) is 30.3 Å². The van der Waals surface area contributed by atoms with Gasteiger partial charge in [0.05, 0.1) is 6.04 Å². The second kappa shape index (κ2) is 3.59. The molecule has 1 heterocycles. The summed E-state index contributed by atoms with van der Waals surface area (Å²) >= 11 is 0. The first-order chi connectivity index (χ1) is 7.36. The Morgan fingerprint density at radius 1 is 1.07 bits per heavy atom. The zero-order chi connectivity index (χ0) is 10.3. The minimum atomic E-state index is 0.194. The molecule has 3 heteroatoms. The molecule has 2 fully saturated rings. The van der Waals surface area contributed by atoms with Gasteiger partial charge in [0.15, 0.2) is 0 Å². The fourth-order valence-electron chi connectivity index (χ4n) is 2.44. The molecule has 1 saturated carbocycles. The molecule has 1 aromatic carbocycles. The molecule has 1 saturated heterocycles. The van der Waals surface area contributed by atoms with Gasteiger partial charge in [0, 0.05) is 12.1 Å². The molecular formula is C12H17N3. The average molecular weight is 203 g/mol. The first-order valence-corrected chi connectivity index (χ1v) is 5.68. The monoisotopic (exact) mass is 203 g/mol. The van der Waals surface area contributed by atoms with Crippen molar-refractivity contribution < 1.29 is 0 Å². The summed E-state index contributed by atoms with van der Waals surface area (Å²) in [6, 6.07) is 11.3. The number of hydrazine groups is 1. The van der Waals surface area contributed by atoms with E-state index < -0.39 is 0 Å². The average Bonchev–Trinajstić information content (AvgIpc) is 3.04. The van der Waals surface area contributed by atoms with Crippen LogP contribution in [0.2, 0.25) is 0 Å². The van der Waals surface area contributed by atoms with Crippen LogP contribution < -0.4 is 16.6 Å². The van der Waals surface area contributed by atoms with Crippen molar-refractivity contribution in [2.45, 2.75) is 31.0 Å². The van der Waals surface area contributed by atoms with Gasteiger partial charge < -0.3 is 5.73 Å². The molecule has 0 bridgehead atoms. The van der Waals surface area contributed by atoms with E-state index >= 15 is 0 Å². The maximum atomic E-state index is 6.27. The molecule has 1 aliphatic heterocycles. The summed E-state index contributed by atoms with van der Waals surface area (Å²) in [5.41, 5.74) is 14.2. The first kappa shape index (κ1) is 9.33. The minimum Gasteiger partial charge on any atom is -0.325 e. The first-order valence-electron chi connectivity index (χ1n) is 5.68. The minimum absolute atomic E-state index is 0.194. The third-order valence-corrected chi connectivity index (χ3v) is 3.49. The van der Waals surface area contributed by atoms with Crippen LogP contribution in [0.4, 0.5) is 0 Å². The lowest BCUT2D eigenvalue weighted by Gasteiger charge is -2.18. The summed E-state index contributed by atoms with van der Waals surface area (Å²) in [7, 11) is 0. The van der Waals surface area contributed by atoms with Crippen LogP contribution in [0.3, 0.4) is 0 Å². The molecular weight excluding hydrogens is 186 g/mol. The molecule has 0 amide bonds. The molecule has 1 aliphatic carbocycles. The van der Waals surface area contributed by atoms with Gasteiger partial charge in [-0.05, 0) is 24.3 Å². The Morgan fingerprint density at radius 3 is 2.47 bits per heavy atom. The summed E-state index contributed by atoms with van der Waals surface area (Å²) in [5.74, 6) is 0.793. The van der Waals surface area contributed by atoms with Crippen molar-refractivity contribution in [3.8, 4) is 0 Å². The Morgan fingerprint density at radius 2 is 1.80 bits per heavy atom. The van der Waals surface area contributed by atoms with E-state index in [0.29, 0.717) is 6.04 Å². The fourth-order valence-corrected chi connectivity index (χ4v) is 2.44. The number of nitrogens with two attached hydrogens (primary N) is 1. The maximum absolute atomic E-state index is 6.27. The number of hydrogen-bond donors (Lipinski definition) is 3. The highest BCUT2D eigenvalue weighted by Gasteiger charge is 2.42. The van der Waals surface area contributed by atoms with Crippen LogP contribution >= 0.6 is 0 Å². The second-order valence-electron chi connectivity index (χ2n) is 4.62. The van der Waals surface area contributed by atoms with Gasteiger partial charge in [0.1, 0.15) is 0 Å². The zero-order valence-electron chi connectivity index (χ0n) is 8.69. The van der Waals surface area contributed by atoms with Gasteiger partial charge in [-0.3, -0.25) is 5.43 Å². The Bertz CT molecular complexity index is 334. The van der Waals surface area contributed by atoms with Crippen LogP contribution in [-0.2, 0) is 0 Å². The Hall–Kier alpha value is -0.900. The summed E-state index contributed by atoms with van der Waals surface area (Å²) in [6.45, 7) is 0. The van der Waals surface area contributed by atoms with E-state index in [1.807, 2.05) is 6.07 Å². The number of rotatable bonds is 2. The molecule has 4 N–H and O–H groups in total. The number of hydrogen-bond acceptors (Lipinski definition) is 3. The highest BCUT2D eigenvalue weighted by atomic mass is 15.4. The summed E-state index contributed by atoms with van der Waals surface area (Å²) in [4.78, 5) is 0. The van der Waals surface area contributed by atoms with Crippen molar-refractivity contribution >= 4 is 0 Å². The Balaban J connectivity index is 1.78. The lowest BCUT2D eigenvalue weighted by molar-refractivity contribution is 0.469. The topological polar surface area (TPSA) is 50.1 Å². The van der Waals surface area contributed by atoms with Crippen LogP contribution in [0.1, 0.15) is 24.4 Å². The van der Waals surface area contributed by atoms with Crippen molar-refractivity contribution in [1.29, 1.82) is 0 Å². The molecule has 3 unspecified atom stereocenters. The van der Waals surface area contributed by atoms with Crippen molar-refractivity contribution in [1.82, 2.24) is 10.9 Å². The largest absolute Gasteiger partial charge is 0.325 e. The predicted molar refractivity (Wildman–Crippen MR) is 59.9 cm³/mol. The standard InChI is InChI=1S/C12H17N3/c13-10-11(8-4-2-1-3-5-8)14-15-12(10)9-6-7-9/h1-5,9-12,14-15H,6-7,13H2. The lowest BCUT2D eigenvalue weighted by atomic mass is 9.95. The maximum Gasteiger partial charge on any atom is 0.0629 e. The van der Waals surface area contributed by atoms with E-state index in [1.54, 1.807) is 0 Å². The quantitative estimate of drug-likeness (QED) is 0.670. The van der Waals surface area contributed by atoms with E-state index in [4.69, 9.17) is 5.73 Å². The molecule has 80 valence electrons. The van der Waals surface area contributed by atoms with E-state index in [2.05, 4.69) is 35.1 Å². The summed E-state index contributed by atoms with van der Waals surface area (Å²) in [6.07, 6.45) is 2.66. The van der Waals surface area contributed by atoms with Crippen LogP contribution in [0.5, 0.6) is 0 Å². The van der Waals surface area contributed by atoms with E-state index in [1.165, 1.54) is 18.4 Å². The van der Waals surface area contributed by atoms with Gasteiger partial charge in [-0.15, -0.1) is 0 Å². The molecule has 1 aromatic rings. The van der Waals surface area contributed by atoms with Crippen molar-refractivity contribution in [3.05, 3.63) is 35.9 Å². The van der Waals surface area contributed by atoms with Gasteiger partial charge in [-0.25, -0.2) is 5.43 Å². The van der Waals surface area contributed by atoms with Crippen LogP contribution in [-0.4, -0.2) is 12.1 Å². The zero-order valence-corrected chi connectivity index (χ0v) is 8.69. The smallest absolute Gasteiger partial charge is 0.0629 e. The third-order valence-electron chi connectivity index (χ3n) is 3.49. The molecule has 3 atom stereocenters. The highest BCUT2D eigenvalue weighted by Crippen LogP contribution is 2.37. The van der Waals surface area contributed by atoms with Gasteiger partial charge in [-0.2, -0.15) is 0 Å². The van der Waals surface area contributed by atoms with Crippen molar-refractivity contribution in [2.75, 3.05) is 0 Å². The summed E-state index contributed by atoms with van der Waals surface area (Å²) < 4.78 is 0. The third kappa shape index (κ3) is 1.67. The highest BCUT2D eigenvalue weighted by molar-refractivity contribution is 5.23. The predicted octanol–water partition coefficient (Wildman–Crippen LogP) is 0.941. The SMILES string of the molecule is NC1C(c2ccccc2)NNC1C1CC1. The van der Waals surface area contributed by atoms with E-state index in [0.717, 1.165) is 5.92 Å². The lowest BCUT2D eigenvalue weighted by Crippen LogP contribution is -2.40. The van der Waals surface area contributed by atoms with Crippen LogP contribution in [0, 0.1) is 5.92 Å². The van der Waals surface area contributed by atoms with Crippen LogP contribution in [0.25, 0.3) is 0 Å². The van der Waals surface area contributed by atoms with E-state index in [-0.39, 0.29) is 12.1 Å². The Kier molecular flexibility index (Phi) is 2.24. The van der Waals surface area contributed by atoms with E-state index in [9.17, 15) is 0 Å². The fraction of sp³-hybridized carbons (Fsp3) is 0.500. The normalized spacial score (nSPS) is 35.7. The van der Waals surface area contributed by atoms with Gasteiger partial charge in [0.2, 0.25) is 0 Å². The molecule has 0 spiro atoms.